The van der Waals surface area contributed by atoms with Crippen LogP contribution in [-0.2, 0) is 6.18 Å². The Morgan fingerprint density at radius 3 is 2.76 bits per heavy atom. The zero-order valence-corrected chi connectivity index (χ0v) is 13.2. The van der Waals surface area contributed by atoms with E-state index in [-0.39, 0.29) is 17.4 Å². The molecule has 25 heavy (non-hydrogen) atoms. The maximum Gasteiger partial charge on any atom is 0.418 e. The smallest absolute Gasteiger partial charge is 0.418 e. The maximum absolute atomic E-state index is 13.0. The molecule has 128 valence electrons. The van der Waals surface area contributed by atoms with Crippen LogP contribution in [0.3, 0.4) is 0 Å². The minimum atomic E-state index is -4.51. The molecule has 0 radical (unpaired) electrons. The highest BCUT2D eigenvalue weighted by molar-refractivity contribution is 7.22. The first kappa shape index (κ1) is 15.7. The second-order valence-electron chi connectivity index (χ2n) is 5.19. The number of hydrogen-bond acceptors (Lipinski definition) is 5. The molecular formula is C16H9F3N2O3S. The predicted octanol–water partition coefficient (Wildman–Crippen LogP) is 4.30. The fraction of sp³-hybridized carbons (Fsp3) is 0.125. The molecule has 2 heterocycles. The van der Waals surface area contributed by atoms with Gasteiger partial charge in [0.25, 0.3) is 5.91 Å². The summed E-state index contributed by atoms with van der Waals surface area (Å²) in [6.07, 6.45) is -4.51. The summed E-state index contributed by atoms with van der Waals surface area (Å²) >= 11 is 0.977. The molecule has 1 aliphatic heterocycles. The first-order valence-corrected chi connectivity index (χ1v) is 7.91. The van der Waals surface area contributed by atoms with Crippen LogP contribution in [-0.4, -0.2) is 17.7 Å². The van der Waals surface area contributed by atoms with E-state index in [0.717, 1.165) is 17.4 Å². The second-order valence-corrected chi connectivity index (χ2v) is 6.22. The molecule has 0 saturated heterocycles. The minimum absolute atomic E-state index is 0.0818. The summed E-state index contributed by atoms with van der Waals surface area (Å²) < 4.78 is 49.8. The monoisotopic (exact) mass is 366 g/mol. The van der Waals surface area contributed by atoms with Crippen molar-refractivity contribution in [2.24, 2.45) is 0 Å². The van der Waals surface area contributed by atoms with Crippen molar-refractivity contribution in [2.45, 2.75) is 6.18 Å². The average Bonchev–Trinajstić information content (AvgIpc) is 3.18. The summed E-state index contributed by atoms with van der Waals surface area (Å²) in [6, 6.07) is 8.44. The highest BCUT2D eigenvalue weighted by Gasteiger charge is 2.33. The number of anilines is 1. The Labute approximate surface area is 143 Å². The van der Waals surface area contributed by atoms with Gasteiger partial charge in [-0.2, -0.15) is 13.2 Å². The van der Waals surface area contributed by atoms with Gasteiger partial charge in [-0.25, -0.2) is 4.98 Å². The van der Waals surface area contributed by atoms with Crippen molar-refractivity contribution in [1.82, 2.24) is 4.98 Å². The Morgan fingerprint density at radius 2 is 1.96 bits per heavy atom. The van der Waals surface area contributed by atoms with Crippen LogP contribution >= 0.6 is 11.3 Å². The van der Waals surface area contributed by atoms with E-state index in [1.807, 2.05) is 0 Å². The second kappa shape index (κ2) is 5.62. The topological polar surface area (TPSA) is 60.5 Å². The lowest BCUT2D eigenvalue weighted by molar-refractivity contribution is -0.136. The highest BCUT2D eigenvalue weighted by atomic mass is 32.1. The molecule has 1 N–H and O–H groups in total. The van der Waals surface area contributed by atoms with Gasteiger partial charge in [0.05, 0.1) is 15.8 Å². The van der Waals surface area contributed by atoms with Crippen LogP contribution < -0.4 is 14.8 Å². The van der Waals surface area contributed by atoms with Gasteiger partial charge in [-0.1, -0.05) is 17.4 Å². The predicted molar refractivity (Wildman–Crippen MR) is 85.1 cm³/mol. The number of ether oxygens (including phenoxy) is 2. The Hall–Kier alpha value is -2.81. The zero-order chi connectivity index (χ0) is 17.6. The number of para-hydroxylation sites is 1. The van der Waals surface area contributed by atoms with Gasteiger partial charge < -0.3 is 9.47 Å². The van der Waals surface area contributed by atoms with Crippen LogP contribution in [0.1, 0.15) is 15.9 Å². The number of amides is 1. The van der Waals surface area contributed by atoms with E-state index in [1.54, 1.807) is 6.07 Å². The van der Waals surface area contributed by atoms with Crippen LogP contribution in [0.2, 0.25) is 0 Å². The van der Waals surface area contributed by atoms with Gasteiger partial charge in [-0.05, 0) is 30.3 Å². The number of nitrogens with one attached hydrogen (secondary N) is 1. The van der Waals surface area contributed by atoms with Crippen LogP contribution in [0.4, 0.5) is 18.3 Å². The number of alkyl halides is 3. The fourth-order valence-corrected chi connectivity index (χ4v) is 3.33. The minimum Gasteiger partial charge on any atom is -0.454 e. The Balaban J connectivity index is 1.63. The van der Waals surface area contributed by atoms with E-state index in [2.05, 4.69) is 10.3 Å². The van der Waals surface area contributed by atoms with Crippen molar-refractivity contribution < 1.29 is 27.4 Å². The number of fused-ring (bicyclic) bond motifs is 2. The third-order valence-corrected chi connectivity index (χ3v) is 4.52. The van der Waals surface area contributed by atoms with Crippen molar-refractivity contribution >= 4 is 32.6 Å². The highest BCUT2D eigenvalue weighted by Crippen LogP contribution is 2.38. The lowest BCUT2D eigenvalue weighted by Gasteiger charge is -2.06. The lowest BCUT2D eigenvalue weighted by atomic mass is 10.2. The van der Waals surface area contributed by atoms with E-state index in [9.17, 15) is 18.0 Å². The number of thiazole rings is 1. The fourth-order valence-electron chi connectivity index (χ4n) is 2.44. The molecule has 3 aromatic rings. The van der Waals surface area contributed by atoms with Gasteiger partial charge in [0.15, 0.2) is 16.6 Å². The van der Waals surface area contributed by atoms with E-state index >= 15 is 0 Å². The van der Waals surface area contributed by atoms with E-state index in [4.69, 9.17) is 9.47 Å². The molecule has 1 amide bonds. The van der Waals surface area contributed by atoms with E-state index in [1.165, 1.54) is 24.3 Å². The maximum atomic E-state index is 13.0. The van der Waals surface area contributed by atoms with Crippen molar-refractivity contribution in [3.63, 3.8) is 0 Å². The lowest BCUT2D eigenvalue weighted by Crippen LogP contribution is -2.11. The van der Waals surface area contributed by atoms with E-state index < -0.39 is 17.6 Å². The number of benzene rings is 2. The number of halogens is 3. The number of nitrogens with zero attached hydrogens (tertiary/aromatic N) is 1. The summed E-state index contributed by atoms with van der Waals surface area (Å²) in [6.45, 7) is 0.0818. The molecule has 2 aromatic carbocycles. The molecule has 0 saturated carbocycles. The Morgan fingerprint density at radius 1 is 1.16 bits per heavy atom. The summed E-state index contributed by atoms with van der Waals surface area (Å²) in [7, 11) is 0. The molecule has 1 aromatic heterocycles. The normalized spacial score (nSPS) is 13.2. The largest absolute Gasteiger partial charge is 0.454 e. The van der Waals surface area contributed by atoms with E-state index in [0.29, 0.717) is 21.8 Å². The number of hydrogen-bond donors (Lipinski definition) is 1. The molecule has 0 spiro atoms. The molecule has 0 atom stereocenters. The van der Waals surface area contributed by atoms with Gasteiger partial charge in [0.2, 0.25) is 6.79 Å². The van der Waals surface area contributed by atoms with Crippen molar-refractivity contribution in [1.29, 1.82) is 0 Å². The Kier molecular flexibility index (Phi) is 3.53. The Bertz CT molecular complexity index is 984. The molecule has 1 aliphatic rings. The van der Waals surface area contributed by atoms with Gasteiger partial charge in [0, 0.05) is 5.56 Å². The average molecular weight is 366 g/mol. The first-order chi connectivity index (χ1) is 11.9. The SMILES string of the molecule is O=C(Nc1nc2c(C(F)(F)F)cccc2s1)c1ccc2c(c1)OCO2. The van der Waals surface area contributed by atoms with Crippen molar-refractivity contribution in [3.8, 4) is 11.5 Å². The molecule has 0 aliphatic carbocycles. The summed E-state index contributed by atoms with van der Waals surface area (Å²) in [5.74, 6) is 0.480. The summed E-state index contributed by atoms with van der Waals surface area (Å²) in [5.41, 5.74) is -0.717. The van der Waals surface area contributed by atoms with Crippen LogP contribution in [0.15, 0.2) is 36.4 Å². The summed E-state index contributed by atoms with van der Waals surface area (Å²) in [4.78, 5) is 16.2. The quantitative estimate of drug-likeness (QED) is 0.735. The van der Waals surface area contributed by atoms with Gasteiger partial charge in [-0.3, -0.25) is 10.1 Å². The summed E-state index contributed by atoms with van der Waals surface area (Å²) in [5, 5.41) is 2.61. The van der Waals surface area contributed by atoms with Crippen LogP contribution in [0, 0.1) is 0 Å². The first-order valence-electron chi connectivity index (χ1n) is 7.09. The molecule has 4 rings (SSSR count). The van der Waals surface area contributed by atoms with Gasteiger partial charge in [0.1, 0.15) is 0 Å². The third kappa shape index (κ3) is 2.86. The molecule has 9 heteroatoms. The standard InChI is InChI=1S/C16H9F3N2O3S/c17-16(18,19)9-2-1-3-12-13(9)20-15(25-12)21-14(22)8-4-5-10-11(6-8)24-7-23-10/h1-6H,7H2,(H,20,21,22). The molecular weight excluding hydrogens is 357 g/mol. The van der Waals surface area contributed by atoms with Crippen LogP contribution in [0.25, 0.3) is 10.2 Å². The van der Waals surface area contributed by atoms with Crippen LogP contribution in [0.5, 0.6) is 11.5 Å². The van der Waals surface area contributed by atoms with Gasteiger partial charge >= 0.3 is 6.18 Å². The molecule has 5 nitrogen and oxygen atoms in total. The number of rotatable bonds is 2. The number of carbonyl (C=O) groups excluding carboxylic acids is 1. The van der Waals surface area contributed by atoms with Crippen molar-refractivity contribution in [2.75, 3.05) is 12.1 Å². The third-order valence-electron chi connectivity index (χ3n) is 3.58. The molecule has 0 bridgehead atoms. The number of aromatic nitrogens is 1. The zero-order valence-electron chi connectivity index (χ0n) is 12.4. The van der Waals surface area contributed by atoms with Gasteiger partial charge in [-0.15, -0.1) is 0 Å². The molecule has 0 unspecified atom stereocenters. The van der Waals surface area contributed by atoms with Crippen molar-refractivity contribution in [3.05, 3.63) is 47.5 Å². The molecule has 0 fully saturated rings. The number of carbonyl (C=O) groups is 1.